The van der Waals surface area contributed by atoms with Crippen LogP contribution in [0.3, 0.4) is 0 Å². The first-order valence-electron chi connectivity index (χ1n) is 11.3. The van der Waals surface area contributed by atoms with Gasteiger partial charge in [-0.15, -0.1) is 0 Å². The largest absolute Gasteiger partial charge is 0.497 e. The van der Waals surface area contributed by atoms with Crippen LogP contribution in [0.15, 0.2) is 42.5 Å². The van der Waals surface area contributed by atoms with E-state index in [-0.39, 0.29) is 6.61 Å². The number of methoxy groups -OCH3 is 1. The van der Waals surface area contributed by atoms with Crippen LogP contribution in [0.2, 0.25) is 0 Å². The van der Waals surface area contributed by atoms with Gasteiger partial charge in [-0.2, -0.15) is 0 Å². The molecule has 0 radical (unpaired) electrons. The van der Waals surface area contributed by atoms with E-state index >= 15 is 0 Å². The summed E-state index contributed by atoms with van der Waals surface area (Å²) in [4.78, 5) is 0. The molecule has 3 N–H and O–H groups in total. The highest BCUT2D eigenvalue weighted by Gasteiger charge is 2.20. The van der Waals surface area contributed by atoms with Gasteiger partial charge in [0.1, 0.15) is 5.75 Å². The minimum absolute atomic E-state index is 0.278. The van der Waals surface area contributed by atoms with Gasteiger partial charge in [-0.1, -0.05) is 36.8 Å². The van der Waals surface area contributed by atoms with Gasteiger partial charge in [0.25, 0.3) is 0 Å². The van der Waals surface area contributed by atoms with E-state index < -0.39 is 0 Å². The van der Waals surface area contributed by atoms with Crippen molar-refractivity contribution in [3.63, 3.8) is 0 Å². The summed E-state index contributed by atoms with van der Waals surface area (Å²) in [5.74, 6) is 2.18. The molecule has 3 heteroatoms. The summed E-state index contributed by atoms with van der Waals surface area (Å²) in [6, 6.07) is 15.5. The topological polar surface area (TPSA) is 55.5 Å². The number of benzene rings is 2. The van der Waals surface area contributed by atoms with E-state index in [9.17, 15) is 0 Å². The van der Waals surface area contributed by atoms with Crippen molar-refractivity contribution in [2.45, 2.75) is 63.7 Å². The molecule has 3 rings (SSSR count). The minimum atomic E-state index is 0.278. The molecule has 1 aliphatic carbocycles. The van der Waals surface area contributed by atoms with Crippen molar-refractivity contribution in [2.24, 2.45) is 11.7 Å². The minimum Gasteiger partial charge on any atom is -0.497 e. The highest BCUT2D eigenvalue weighted by molar-refractivity contribution is 5.36. The summed E-state index contributed by atoms with van der Waals surface area (Å²) >= 11 is 0. The lowest BCUT2D eigenvalue weighted by Crippen LogP contribution is -2.17. The first-order valence-corrected chi connectivity index (χ1v) is 11.3. The zero-order valence-electron chi connectivity index (χ0n) is 17.9. The molecule has 2 aromatic carbocycles. The molecule has 3 nitrogen and oxygen atoms in total. The molecule has 0 saturated carbocycles. The second kappa shape index (κ2) is 11.4. The van der Waals surface area contributed by atoms with Crippen molar-refractivity contribution in [2.75, 3.05) is 20.3 Å². The Labute approximate surface area is 176 Å². The Morgan fingerprint density at radius 1 is 1.10 bits per heavy atom. The van der Waals surface area contributed by atoms with Crippen LogP contribution in [-0.2, 0) is 19.3 Å². The number of rotatable bonds is 11. The number of nitrogens with two attached hydrogens (primary N) is 1. The fraction of sp³-hybridized carbons (Fsp3) is 0.538. The highest BCUT2D eigenvalue weighted by Crippen LogP contribution is 2.32. The molecular weight excluding hydrogens is 358 g/mol. The van der Waals surface area contributed by atoms with E-state index in [1.54, 1.807) is 7.11 Å². The van der Waals surface area contributed by atoms with Gasteiger partial charge in [0, 0.05) is 6.61 Å². The van der Waals surface area contributed by atoms with Crippen molar-refractivity contribution in [1.82, 2.24) is 0 Å². The molecule has 0 unspecified atom stereocenters. The normalized spacial score (nSPS) is 17.0. The van der Waals surface area contributed by atoms with Crippen LogP contribution in [-0.4, -0.2) is 25.4 Å². The third-order valence-corrected chi connectivity index (χ3v) is 6.49. The Morgan fingerprint density at radius 2 is 2.00 bits per heavy atom. The molecule has 0 aliphatic heterocycles. The Morgan fingerprint density at radius 3 is 2.79 bits per heavy atom. The molecule has 2 aromatic rings. The lowest BCUT2D eigenvalue weighted by atomic mass is 9.79. The summed E-state index contributed by atoms with van der Waals surface area (Å²) in [5.41, 5.74) is 11.9. The third kappa shape index (κ3) is 6.32. The standard InChI is InChI=1S/C26H37NO2/c1-29-26-10-5-8-20(17-26)6-4-7-21-11-12-23-18-24(14-13-22(23)16-21)25(19-27)9-2-3-15-28/h5,8,10,13-14,17-18,21,25,28H,2-4,6-7,9,11-12,15-16,19,27H2,1H3/t21-,25+/m1/s1. The van der Waals surface area contributed by atoms with Crippen LogP contribution in [0.4, 0.5) is 0 Å². The maximum Gasteiger partial charge on any atom is 0.119 e. The monoisotopic (exact) mass is 395 g/mol. The van der Waals surface area contributed by atoms with E-state index in [2.05, 4.69) is 36.4 Å². The summed E-state index contributed by atoms with van der Waals surface area (Å²) in [7, 11) is 1.73. The first-order chi connectivity index (χ1) is 14.2. The average molecular weight is 396 g/mol. The Balaban J connectivity index is 1.51. The molecule has 0 spiro atoms. The molecule has 29 heavy (non-hydrogen) atoms. The predicted molar refractivity (Wildman–Crippen MR) is 121 cm³/mol. The average Bonchev–Trinajstić information content (AvgIpc) is 2.76. The number of unbranched alkanes of at least 4 members (excludes halogenated alkanes) is 1. The second-order valence-electron chi connectivity index (χ2n) is 8.53. The summed E-state index contributed by atoms with van der Waals surface area (Å²) in [6.45, 7) is 0.970. The zero-order valence-corrected chi connectivity index (χ0v) is 17.9. The van der Waals surface area contributed by atoms with Crippen LogP contribution in [0.1, 0.15) is 66.7 Å². The number of aliphatic hydroxyl groups is 1. The number of hydrogen-bond donors (Lipinski definition) is 2. The molecular formula is C26H37NO2. The molecule has 0 aromatic heterocycles. The predicted octanol–water partition coefficient (Wildman–Crippen LogP) is 5.03. The van der Waals surface area contributed by atoms with Crippen LogP contribution in [0.5, 0.6) is 5.75 Å². The number of aryl methyl sites for hydroxylation is 2. The summed E-state index contributed by atoms with van der Waals surface area (Å²) in [6.07, 6.45) is 10.4. The maximum atomic E-state index is 9.02. The first kappa shape index (κ1) is 21.9. The SMILES string of the molecule is COc1cccc(CCC[C@@H]2CCc3cc([C@H](CN)CCCCO)ccc3C2)c1. The van der Waals surface area contributed by atoms with Crippen molar-refractivity contribution >= 4 is 0 Å². The van der Waals surface area contributed by atoms with Crippen LogP contribution in [0, 0.1) is 5.92 Å². The van der Waals surface area contributed by atoms with E-state index in [4.69, 9.17) is 15.6 Å². The molecule has 0 heterocycles. The van der Waals surface area contributed by atoms with Gasteiger partial charge in [0.15, 0.2) is 0 Å². The summed E-state index contributed by atoms with van der Waals surface area (Å²) < 4.78 is 5.33. The molecule has 0 fully saturated rings. The number of hydrogen-bond acceptors (Lipinski definition) is 3. The highest BCUT2D eigenvalue weighted by atomic mass is 16.5. The molecule has 158 valence electrons. The quantitative estimate of drug-likeness (QED) is 0.525. The molecule has 0 saturated heterocycles. The fourth-order valence-electron chi connectivity index (χ4n) is 4.70. The Kier molecular flexibility index (Phi) is 8.57. The maximum absolute atomic E-state index is 9.02. The van der Waals surface area contributed by atoms with Gasteiger partial charge in [-0.25, -0.2) is 0 Å². The lowest BCUT2D eigenvalue weighted by molar-refractivity contribution is 0.281. The van der Waals surface area contributed by atoms with Crippen LogP contribution in [0.25, 0.3) is 0 Å². The Hall–Kier alpha value is -1.84. The van der Waals surface area contributed by atoms with Gasteiger partial charge in [-0.05, 0) is 104 Å². The van der Waals surface area contributed by atoms with Crippen molar-refractivity contribution in [3.05, 3.63) is 64.7 Å². The lowest BCUT2D eigenvalue weighted by Gasteiger charge is -2.26. The molecule has 1 aliphatic rings. The van der Waals surface area contributed by atoms with E-state index in [1.165, 1.54) is 54.4 Å². The molecule has 2 atom stereocenters. The fourth-order valence-corrected chi connectivity index (χ4v) is 4.70. The van der Waals surface area contributed by atoms with Gasteiger partial charge < -0.3 is 15.6 Å². The molecule has 0 amide bonds. The smallest absolute Gasteiger partial charge is 0.119 e. The zero-order chi connectivity index (χ0) is 20.5. The second-order valence-corrected chi connectivity index (χ2v) is 8.53. The van der Waals surface area contributed by atoms with Crippen LogP contribution < -0.4 is 10.5 Å². The number of ether oxygens (including phenoxy) is 1. The number of fused-ring (bicyclic) bond motifs is 1. The van der Waals surface area contributed by atoms with Gasteiger partial charge in [0.05, 0.1) is 7.11 Å². The van der Waals surface area contributed by atoms with Crippen molar-refractivity contribution in [3.8, 4) is 5.75 Å². The van der Waals surface area contributed by atoms with Gasteiger partial charge in [0.2, 0.25) is 0 Å². The van der Waals surface area contributed by atoms with Crippen molar-refractivity contribution in [1.29, 1.82) is 0 Å². The van der Waals surface area contributed by atoms with Crippen LogP contribution >= 0.6 is 0 Å². The van der Waals surface area contributed by atoms with E-state index in [0.717, 1.165) is 37.4 Å². The number of aliphatic hydroxyl groups excluding tert-OH is 1. The van der Waals surface area contributed by atoms with Crippen molar-refractivity contribution < 1.29 is 9.84 Å². The summed E-state index contributed by atoms with van der Waals surface area (Å²) in [5, 5.41) is 9.02. The Bertz CT molecular complexity index is 758. The van der Waals surface area contributed by atoms with E-state index in [0.29, 0.717) is 12.5 Å². The van der Waals surface area contributed by atoms with Gasteiger partial charge >= 0.3 is 0 Å². The third-order valence-electron chi connectivity index (χ3n) is 6.49. The van der Waals surface area contributed by atoms with Gasteiger partial charge in [-0.3, -0.25) is 0 Å². The van der Waals surface area contributed by atoms with E-state index in [1.807, 2.05) is 6.07 Å². The molecule has 0 bridgehead atoms.